The van der Waals surface area contributed by atoms with Gasteiger partial charge in [0.2, 0.25) is 5.91 Å². The highest BCUT2D eigenvalue weighted by molar-refractivity contribution is 5.92. The highest BCUT2D eigenvalue weighted by Crippen LogP contribution is 2.18. The summed E-state index contributed by atoms with van der Waals surface area (Å²) in [5.41, 5.74) is 2.01. The van der Waals surface area contributed by atoms with Gasteiger partial charge in [-0.15, -0.1) is 0 Å². The normalized spacial score (nSPS) is 10.7. The number of benzene rings is 1. The molecule has 128 valence electrons. The van der Waals surface area contributed by atoms with Crippen LogP contribution in [0.4, 0.5) is 11.5 Å². The van der Waals surface area contributed by atoms with Crippen molar-refractivity contribution >= 4 is 17.4 Å². The first-order chi connectivity index (χ1) is 11.7. The summed E-state index contributed by atoms with van der Waals surface area (Å²) in [6.45, 7) is 7.90. The Balaban J connectivity index is 2.03. The van der Waals surface area contributed by atoms with Crippen LogP contribution in [-0.2, 0) is 11.3 Å². The van der Waals surface area contributed by atoms with Gasteiger partial charge in [0.15, 0.2) is 0 Å². The predicted molar refractivity (Wildman–Crippen MR) is 100 cm³/mol. The maximum absolute atomic E-state index is 12.1. The van der Waals surface area contributed by atoms with Crippen LogP contribution in [0.2, 0.25) is 0 Å². The topological polar surface area (TPSA) is 45.2 Å². The average molecular weight is 325 g/mol. The number of amides is 1. The van der Waals surface area contributed by atoms with E-state index in [4.69, 9.17) is 0 Å². The Hall–Kier alpha value is -2.36. The van der Waals surface area contributed by atoms with Crippen LogP contribution >= 0.6 is 0 Å². The molecule has 0 unspecified atom stereocenters. The van der Waals surface area contributed by atoms with E-state index in [1.807, 2.05) is 44.2 Å². The van der Waals surface area contributed by atoms with E-state index in [1.165, 1.54) is 5.56 Å². The molecule has 0 atom stereocenters. The summed E-state index contributed by atoms with van der Waals surface area (Å²) in [6.07, 6.45) is 3.45. The van der Waals surface area contributed by atoms with Gasteiger partial charge in [-0.1, -0.05) is 44.2 Å². The quantitative estimate of drug-likeness (QED) is 0.778. The van der Waals surface area contributed by atoms with Crippen LogP contribution in [0, 0.1) is 5.92 Å². The molecule has 0 aliphatic rings. The van der Waals surface area contributed by atoms with Crippen LogP contribution in [0.1, 0.15) is 39.2 Å². The molecule has 2 rings (SSSR count). The van der Waals surface area contributed by atoms with E-state index in [-0.39, 0.29) is 11.8 Å². The standard InChI is InChI=1S/C20H27N3O/c1-4-17(5-2)20(24)22-18-12-13-19(21-14-18)23(6-3)15-16-10-8-7-9-11-16/h7-14,17H,4-6,15H2,1-3H3,(H,22,24). The Morgan fingerprint density at radius 2 is 1.79 bits per heavy atom. The molecule has 0 radical (unpaired) electrons. The van der Waals surface area contributed by atoms with Gasteiger partial charge in [-0.05, 0) is 37.5 Å². The Labute approximate surface area is 144 Å². The zero-order chi connectivity index (χ0) is 17.4. The summed E-state index contributed by atoms with van der Waals surface area (Å²) < 4.78 is 0. The van der Waals surface area contributed by atoms with Crippen LogP contribution in [0.3, 0.4) is 0 Å². The molecule has 1 amide bonds. The van der Waals surface area contributed by atoms with Crippen LogP contribution in [0.5, 0.6) is 0 Å². The van der Waals surface area contributed by atoms with Crippen LogP contribution in [0.15, 0.2) is 48.7 Å². The third-order valence-electron chi connectivity index (χ3n) is 4.29. The molecule has 1 N–H and O–H groups in total. The number of aromatic nitrogens is 1. The molecule has 2 aromatic rings. The number of carbonyl (C=O) groups is 1. The third kappa shape index (κ3) is 4.82. The summed E-state index contributed by atoms with van der Waals surface area (Å²) in [6, 6.07) is 14.3. The molecule has 1 aromatic heterocycles. The molecule has 0 spiro atoms. The average Bonchev–Trinajstić information content (AvgIpc) is 2.62. The van der Waals surface area contributed by atoms with Gasteiger partial charge in [-0.3, -0.25) is 4.79 Å². The zero-order valence-corrected chi connectivity index (χ0v) is 14.8. The number of pyridine rings is 1. The number of nitrogens with zero attached hydrogens (tertiary/aromatic N) is 2. The van der Waals surface area contributed by atoms with E-state index >= 15 is 0 Å². The molecular formula is C20H27N3O. The lowest BCUT2D eigenvalue weighted by Gasteiger charge is -2.22. The van der Waals surface area contributed by atoms with Crippen molar-refractivity contribution in [3.05, 3.63) is 54.2 Å². The summed E-state index contributed by atoms with van der Waals surface area (Å²) in [7, 11) is 0. The lowest BCUT2D eigenvalue weighted by Crippen LogP contribution is -2.24. The molecule has 24 heavy (non-hydrogen) atoms. The van der Waals surface area contributed by atoms with Crippen molar-refractivity contribution in [3.63, 3.8) is 0 Å². The zero-order valence-electron chi connectivity index (χ0n) is 14.8. The highest BCUT2D eigenvalue weighted by Gasteiger charge is 2.14. The molecular weight excluding hydrogens is 298 g/mol. The Morgan fingerprint density at radius 1 is 1.08 bits per heavy atom. The van der Waals surface area contributed by atoms with E-state index in [0.717, 1.165) is 37.4 Å². The number of carbonyl (C=O) groups excluding carboxylic acids is 1. The largest absolute Gasteiger partial charge is 0.353 e. The smallest absolute Gasteiger partial charge is 0.227 e. The lowest BCUT2D eigenvalue weighted by molar-refractivity contribution is -0.120. The van der Waals surface area contributed by atoms with Gasteiger partial charge < -0.3 is 10.2 Å². The van der Waals surface area contributed by atoms with Gasteiger partial charge in [0.1, 0.15) is 5.82 Å². The fraction of sp³-hybridized carbons (Fsp3) is 0.400. The molecule has 1 heterocycles. The second-order valence-electron chi connectivity index (χ2n) is 5.91. The molecule has 0 aliphatic heterocycles. The molecule has 0 fully saturated rings. The van der Waals surface area contributed by atoms with Gasteiger partial charge in [0, 0.05) is 19.0 Å². The van der Waals surface area contributed by atoms with Gasteiger partial charge in [-0.2, -0.15) is 0 Å². The van der Waals surface area contributed by atoms with E-state index < -0.39 is 0 Å². The predicted octanol–water partition coefficient (Wildman–Crippen LogP) is 4.48. The van der Waals surface area contributed by atoms with E-state index in [2.05, 4.69) is 34.3 Å². The van der Waals surface area contributed by atoms with Gasteiger partial charge in [-0.25, -0.2) is 4.98 Å². The van der Waals surface area contributed by atoms with E-state index in [1.54, 1.807) is 6.20 Å². The summed E-state index contributed by atoms with van der Waals surface area (Å²) >= 11 is 0. The number of nitrogens with one attached hydrogen (secondary N) is 1. The van der Waals surface area contributed by atoms with Crippen molar-refractivity contribution in [2.45, 2.75) is 40.2 Å². The van der Waals surface area contributed by atoms with Crippen molar-refractivity contribution in [3.8, 4) is 0 Å². The molecule has 1 aromatic carbocycles. The van der Waals surface area contributed by atoms with E-state index in [0.29, 0.717) is 0 Å². The summed E-state index contributed by atoms with van der Waals surface area (Å²) in [5, 5.41) is 2.96. The first-order valence-corrected chi connectivity index (χ1v) is 8.73. The number of anilines is 2. The van der Waals surface area contributed by atoms with Crippen molar-refractivity contribution in [2.75, 3.05) is 16.8 Å². The number of hydrogen-bond donors (Lipinski definition) is 1. The SMILES string of the molecule is CCC(CC)C(=O)Nc1ccc(N(CC)Cc2ccccc2)nc1. The summed E-state index contributed by atoms with van der Waals surface area (Å²) in [5.74, 6) is 1.06. The van der Waals surface area contributed by atoms with Crippen molar-refractivity contribution in [1.82, 2.24) is 4.98 Å². The van der Waals surface area contributed by atoms with Gasteiger partial charge >= 0.3 is 0 Å². The molecule has 0 saturated carbocycles. The molecule has 4 nitrogen and oxygen atoms in total. The molecule has 0 aliphatic carbocycles. The highest BCUT2D eigenvalue weighted by atomic mass is 16.1. The monoisotopic (exact) mass is 325 g/mol. The molecule has 0 bridgehead atoms. The third-order valence-corrected chi connectivity index (χ3v) is 4.29. The first-order valence-electron chi connectivity index (χ1n) is 8.73. The van der Waals surface area contributed by atoms with Gasteiger partial charge in [0.25, 0.3) is 0 Å². The van der Waals surface area contributed by atoms with Crippen molar-refractivity contribution < 1.29 is 4.79 Å². The lowest BCUT2D eigenvalue weighted by atomic mass is 10.0. The van der Waals surface area contributed by atoms with Crippen LogP contribution < -0.4 is 10.2 Å². The van der Waals surface area contributed by atoms with Gasteiger partial charge in [0.05, 0.1) is 11.9 Å². The number of rotatable bonds is 8. The number of hydrogen-bond acceptors (Lipinski definition) is 3. The maximum atomic E-state index is 12.1. The fourth-order valence-corrected chi connectivity index (χ4v) is 2.71. The molecule has 4 heteroatoms. The minimum absolute atomic E-state index is 0.0647. The minimum atomic E-state index is 0.0647. The second kappa shape index (κ2) is 9.06. The Bertz CT molecular complexity index is 621. The maximum Gasteiger partial charge on any atom is 0.227 e. The van der Waals surface area contributed by atoms with Crippen LogP contribution in [-0.4, -0.2) is 17.4 Å². The summed E-state index contributed by atoms with van der Waals surface area (Å²) in [4.78, 5) is 18.9. The first kappa shape index (κ1) is 18.0. The van der Waals surface area contributed by atoms with Crippen molar-refractivity contribution in [1.29, 1.82) is 0 Å². The fourth-order valence-electron chi connectivity index (χ4n) is 2.71. The molecule has 0 saturated heterocycles. The van der Waals surface area contributed by atoms with E-state index in [9.17, 15) is 4.79 Å². The Morgan fingerprint density at radius 3 is 2.33 bits per heavy atom. The van der Waals surface area contributed by atoms with Crippen LogP contribution in [0.25, 0.3) is 0 Å². The minimum Gasteiger partial charge on any atom is -0.353 e. The Kier molecular flexibility index (Phi) is 6.79. The second-order valence-corrected chi connectivity index (χ2v) is 5.91. The van der Waals surface area contributed by atoms with Crippen molar-refractivity contribution in [2.24, 2.45) is 5.92 Å².